The molecule has 1 saturated heterocycles. The minimum atomic E-state index is -0.515. The Kier molecular flexibility index (Phi) is 6.42. The Morgan fingerprint density at radius 2 is 1.94 bits per heavy atom. The average molecular weight is 424 g/mol. The fraction of sp³-hybridized carbons (Fsp3) is 0.417. The number of nitrogens with one attached hydrogen (secondary N) is 1. The van der Waals surface area contributed by atoms with E-state index in [2.05, 4.69) is 9.88 Å². The minimum absolute atomic E-state index is 0.123. The zero-order valence-corrected chi connectivity index (χ0v) is 17.8. The van der Waals surface area contributed by atoms with Crippen LogP contribution in [0.25, 0.3) is 11.1 Å². The van der Waals surface area contributed by atoms with Crippen LogP contribution in [0.4, 0.5) is 0 Å². The molecule has 2 heterocycles. The lowest BCUT2D eigenvalue weighted by Gasteiger charge is -2.40. The van der Waals surface area contributed by atoms with Gasteiger partial charge in [-0.15, -0.1) is 0 Å². The second-order valence-electron chi connectivity index (χ2n) is 8.03. The lowest BCUT2D eigenvalue weighted by Crippen LogP contribution is -2.45. The number of hydrogen-bond donors (Lipinski definition) is 1. The monoisotopic (exact) mass is 424 g/mol. The molecule has 7 heteroatoms. The fourth-order valence-corrected chi connectivity index (χ4v) is 4.21. The van der Waals surface area contributed by atoms with Crippen molar-refractivity contribution in [1.82, 2.24) is 9.88 Å². The summed E-state index contributed by atoms with van der Waals surface area (Å²) in [6.07, 6.45) is 2.09. The Morgan fingerprint density at radius 3 is 2.68 bits per heavy atom. The van der Waals surface area contributed by atoms with Gasteiger partial charge in [-0.2, -0.15) is 0 Å². The van der Waals surface area contributed by atoms with Gasteiger partial charge in [0.05, 0.1) is 24.1 Å². The predicted octanol–water partition coefficient (Wildman–Crippen LogP) is 3.74. The number of H-pyrrole nitrogens is 1. The molecule has 0 amide bonds. The van der Waals surface area contributed by atoms with E-state index in [-0.39, 0.29) is 5.97 Å². The fourth-order valence-electron chi connectivity index (χ4n) is 4.21. The summed E-state index contributed by atoms with van der Waals surface area (Å²) < 4.78 is 16.5. The first-order valence-corrected chi connectivity index (χ1v) is 10.8. The molecule has 0 atom stereocenters. The molecule has 164 valence electrons. The van der Waals surface area contributed by atoms with Crippen LogP contribution >= 0.6 is 0 Å². The highest BCUT2D eigenvalue weighted by Crippen LogP contribution is 2.37. The summed E-state index contributed by atoms with van der Waals surface area (Å²) >= 11 is 0. The summed E-state index contributed by atoms with van der Waals surface area (Å²) in [5.41, 5.74) is 1.83. The highest BCUT2D eigenvalue weighted by molar-refractivity contribution is 5.77. The van der Waals surface area contributed by atoms with Crippen molar-refractivity contribution in [2.45, 2.75) is 32.7 Å². The van der Waals surface area contributed by atoms with Crippen LogP contribution in [0.3, 0.4) is 0 Å². The van der Waals surface area contributed by atoms with Gasteiger partial charge in [0.25, 0.3) is 0 Å². The standard InChI is InChI=1S/C24H28N2O5/c1-2-29-22(27)24(12-15-30-19-6-4-3-5-7-19)10-13-26(14-11-24)17-18-8-9-20-21(16-18)31-23(28)25-20/h3-9,16H,2,10-15,17H2,1H3,(H,25,28). The van der Waals surface area contributed by atoms with Crippen LogP contribution in [0.1, 0.15) is 31.7 Å². The van der Waals surface area contributed by atoms with Crippen LogP contribution in [-0.2, 0) is 16.1 Å². The summed E-state index contributed by atoms with van der Waals surface area (Å²) in [4.78, 5) is 29.2. The Morgan fingerprint density at radius 1 is 1.16 bits per heavy atom. The molecule has 0 aliphatic carbocycles. The molecule has 3 aromatic rings. The van der Waals surface area contributed by atoms with Crippen molar-refractivity contribution in [3.8, 4) is 5.75 Å². The Bertz CT molecular complexity index is 1060. The SMILES string of the molecule is CCOC(=O)C1(CCOc2ccccc2)CCN(Cc2ccc3[nH]c(=O)oc3c2)CC1. The maximum Gasteiger partial charge on any atom is 0.417 e. The third-order valence-corrected chi connectivity index (χ3v) is 6.01. The maximum atomic E-state index is 12.8. The molecule has 31 heavy (non-hydrogen) atoms. The lowest BCUT2D eigenvalue weighted by atomic mass is 9.75. The van der Waals surface area contributed by atoms with Gasteiger partial charge in [0.1, 0.15) is 5.75 Å². The number of oxazole rings is 1. The first-order valence-electron chi connectivity index (χ1n) is 10.8. The molecule has 0 spiro atoms. The van der Waals surface area contributed by atoms with Crippen LogP contribution in [0, 0.1) is 5.41 Å². The number of fused-ring (bicyclic) bond motifs is 1. The highest BCUT2D eigenvalue weighted by atomic mass is 16.5. The number of carbonyl (C=O) groups is 1. The van der Waals surface area contributed by atoms with Gasteiger partial charge in [-0.25, -0.2) is 4.79 Å². The van der Waals surface area contributed by atoms with Crippen molar-refractivity contribution in [3.63, 3.8) is 0 Å². The number of ether oxygens (including phenoxy) is 2. The van der Waals surface area contributed by atoms with Gasteiger partial charge >= 0.3 is 11.7 Å². The lowest BCUT2D eigenvalue weighted by molar-refractivity contribution is -0.159. The topological polar surface area (TPSA) is 84.8 Å². The van der Waals surface area contributed by atoms with Gasteiger partial charge in [-0.3, -0.25) is 14.7 Å². The zero-order valence-electron chi connectivity index (χ0n) is 17.8. The van der Waals surface area contributed by atoms with Crippen molar-refractivity contribution >= 4 is 17.1 Å². The van der Waals surface area contributed by atoms with Gasteiger partial charge in [0.2, 0.25) is 0 Å². The van der Waals surface area contributed by atoms with Gasteiger partial charge in [0, 0.05) is 6.54 Å². The first-order chi connectivity index (χ1) is 15.1. The first kappa shape index (κ1) is 21.2. The Hall–Kier alpha value is -3.06. The van der Waals surface area contributed by atoms with E-state index in [0.29, 0.717) is 30.7 Å². The van der Waals surface area contributed by atoms with Crippen molar-refractivity contribution in [2.24, 2.45) is 5.41 Å². The number of esters is 1. The number of rotatable bonds is 8. The number of likely N-dealkylation sites (tertiary alicyclic amines) is 1. The molecule has 7 nitrogen and oxygen atoms in total. The molecular formula is C24H28N2O5. The Labute approximate surface area is 181 Å². The van der Waals surface area contributed by atoms with Gasteiger partial charge in [-0.1, -0.05) is 24.3 Å². The van der Waals surface area contributed by atoms with Crippen molar-refractivity contribution < 1.29 is 18.7 Å². The molecule has 1 fully saturated rings. The number of benzene rings is 2. The number of piperidine rings is 1. The van der Waals surface area contributed by atoms with Gasteiger partial charge in [-0.05, 0) is 69.1 Å². The zero-order chi connectivity index (χ0) is 21.7. The molecule has 1 N–H and O–H groups in total. The van der Waals surface area contributed by atoms with Gasteiger partial charge < -0.3 is 13.9 Å². The summed E-state index contributed by atoms with van der Waals surface area (Å²) in [7, 11) is 0. The summed E-state index contributed by atoms with van der Waals surface area (Å²) in [5, 5.41) is 0. The third-order valence-electron chi connectivity index (χ3n) is 6.01. The number of hydrogen-bond acceptors (Lipinski definition) is 6. The molecule has 0 unspecified atom stereocenters. The second kappa shape index (κ2) is 9.39. The quantitative estimate of drug-likeness (QED) is 0.555. The van der Waals surface area contributed by atoms with E-state index in [4.69, 9.17) is 13.9 Å². The largest absolute Gasteiger partial charge is 0.494 e. The van der Waals surface area contributed by atoms with Crippen LogP contribution in [-0.4, -0.2) is 42.2 Å². The van der Waals surface area contributed by atoms with Gasteiger partial charge in [0.15, 0.2) is 5.58 Å². The molecule has 2 aromatic carbocycles. The van der Waals surface area contributed by atoms with Crippen molar-refractivity contribution in [2.75, 3.05) is 26.3 Å². The van der Waals surface area contributed by atoms with E-state index >= 15 is 0 Å². The van der Waals surface area contributed by atoms with Crippen molar-refractivity contribution in [3.05, 3.63) is 64.6 Å². The smallest absolute Gasteiger partial charge is 0.417 e. The number of para-hydroxylation sites is 1. The number of nitrogens with zero attached hydrogens (tertiary/aromatic N) is 1. The summed E-state index contributed by atoms with van der Waals surface area (Å²) in [6.45, 7) is 5.03. The molecule has 0 saturated carbocycles. The molecule has 0 radical (unpaired) electrons. The number of aromatic nitrogens is 1. The average Bonchev–Trinajstić information content (AvgIpc) is 3.15. The number of aromatic amines is 1. The predicted molar refractivity (Wildman–Crippen MR) is 117 cm³/mol. The molecule has 1 aromatic heterocycles. The van der Waals surface area contributed by atoms with E-state index in [1.54, 1.807) is 0 Å². The summed E-state index contributed by atoms with van der Waals surface area (Å²) in [5.74, 6) is 0.245. The molecule has 0 bridgehead atoms. The normalized spacial score (nSPS) is 16.3. The molecule has 1 aliphatic heterocycles. The molecular weight excluding hydrogens is 396 g/mol. The van der Waals surface area contributed by atoms with Crippen LogP contribution in [0.2, 0.25) is 0 Å². The second-order valence-corrected chi connectivity index (χ2v) is 8.03. The Balaban J connectivity index is 1.38. The third kappa shape index (κ3) is 4.99. The minimum Gasteiger partial charge on any atom is -0.494 e. The van der Waals surface area contributed by atoms with E-state index in [9.17, 15) is 9.59 Å². The van der Waals surface area contributed by atoms with Crippen LogP contribution < -0.4 is 10.5 Å². The van der Waals surface area contributed by atoms with Crippen LogP contribution in [0.15, 0.2) is 57.7 Å². The van der Waals surface area contributed by atoms with E-state index in [0.717, 1.165) is 43.8 Å². The van der Waals surface area contributed by atoms with E-state index in [1.165, 1.54) is 0 Å². The van der Waals surface area contributed by atoms with Crippen LogP contribution in [0.5, 0.6) is 5.75 Å². The van der Waals surface area contributed by atoms with E-state index in [1.807, 2.05) is 55.5 Å². The summed E-state index contributed by atoms with van der Waals surface area (Å²) in [6, 6.07) is 15.4. The molecule has 4 rings (SSSR count). The maximum absolute atomic E-state index is 12.8. The molecule has 1 aliphatic rings. The number of carbonyl (C=O) groups excluding carboxylic acids is 1. The van der Waals surface area contributed by atoms with Crippen molar-refractivity contribution in [1.29, 1.82) is 0 Å². The highest BCUT2D eigenvalue weighted by Gasteiger charge is 2.42. The van der Waals surface area contributed by atoms with E-state index < -0.39 is 11.2 Å².